The van der Waals surface area contributed by atoms with E-state index in [1.807, 2.05) is 26.0 Å². The molecule has 0 spiro atoms. The summed E-state index contributed by atoms with van der Waals surface area (Å²) in [6, 6.07) is 3.56. The van der Waals surface area contributed by atoms with Crippen LogP contribution in [0.5, 0.6) is 0 Å². The quantitative estimate of drug-likeness (QED) is 0.888. The molecule has 0 radical (unpaired) electrons. The monoisotopic (exact) mass is 262 g/mol. The van der Waals surface area contributed by atoms with Gasteiger partial charge in [0.15, 0.2) is 5.58 Å². The molecular formula is C15H22N2O2. The van der Waals surface area contributed by atoms with E-state index >= 15 is 0 Å². The Bertz CT molecular complexity index is 575. The fraction of sp³-hybridized carbons (Fsp3) is 0.533. The van der Waals surface area contributed by atoms with Gasteiger partial charge in [-0.2, -0.15) is 0 Å². The molecule has 1 aromatic heterocycles. The zero-order valence-corrected chi connectivity index (χ0v) is 12.0. The average molecular weight is 262 g/mol. The molecular weight excluding hydrogens is 240 g/mol. The van der Waals surface area contributed by atoms with Gasteiger partial charge in [-0.05, 0) is 43.4 Å². The number of aliphatic hydroxyl groups is 1. The minimum atomic E-state index is -0.852. The van der Waals surface area contributed by atoms with Gasteiger partial charge in [0, 0.05) is 6.04 Å². The first kappa shape index (κ1) is 14.0. The summed E-state index contributed by atoms with van der Waals surface area (Å²) in [5.41, 5.74) is 9.71. The Labute approximate surface area is 113 Å². The molecule has 0 aliphatic carbocycles. The lowest BCUT2D eigenvalue weighted by Gasteiger charge is -2.17. The van der Waals surface area contributed by atoms with Crippen molar-refractivity contribution >= 4 is 11.1 Å². The van der Waals surface area contributed by atoms with E-state index in [9.17, 15) is 5.11 Å². The molecule has 4 heteroatoms. The molecule has 0 saturated heterocycles. The molecule has 3 N–H and O–H groups in total. The van der Waals surface area contributed by atoms with Crippen LogP contribution in [-0.4, -0.2) is 16.1 Å². The Morgan fingerprint density at radius 3 is 2.63 bits per heavy atom. The van der Waals surface area contributed by atoms with Gasteiger partial charge in [-0.3, -0.25) is 0 Å². The largest absolute Gasteiger partial charge is 0.437 e. The van der Waals surface area contributed by atoms with Gasteiger partial charge in [-0.1, -0.05) is 19.9 Å². The lowest BCUT2D eigenvalue weighted by molar-refractivity contribution is 0.108. The Hall–Kier alpha value is -1.39. The Morgan fingerprint density at radius 1 is 1.32 bits per heavy atom. The van der Waals surface area contributed by atoms with E-state index in [1.54, 1.807) is 0 Å². The number of benzene rings is 1. The number of fused-ring (bicyclic) bond motifs is 1. The van der Waals surface area contributed by atoms with Crippen molar-refractivity contribution in [3.8, 4) is 0 Å². The van der Waals surface area contributed by atoms with Crippen LogP contribution < -0.4 is 5.73 Å². The molecule has 0 aliphatic heterocycles. The second-order valence-electron chi connectivity index (χ2n) is 5.65. The third-order valence-corrected chi connectivity index (χ3v) is 3.50. The van der Waals surface area contributed by atoms with Crippen molar-refractivity contribution < 1.29 is 9.52 Å². The maximum Gasteiger partial charge on any atom is 0.225 e. The van der Waals surface area contributed by atoms with E-state index in [-0.39, 0.29) is 6.04 Å². The minimum absolute atomic E-state index is 0.317. The van der Waals surface area contributed by atoms with E-state index in [1.165, 1.54) is 0 Å². The van der Waals surface area contributed by atoms with Crippen molar-refractivity contribution in [2.24, 2.45) is 11.7 Å². The van der Waals surface area contributed by atoms with Crippen LogP contribution in [0.3, 0.4) is 0 Å². The van der Waals surface area contributed by atoms with Crippen LogP contribution in [0.15, 0.2) is 16.5 Å². The SMILES string of the molecule is Cc1ccc2nc(C(O)[C@H](N)CC(C)C)oc2c1C. The van der Waals surface area contributed by atoms with Gasteiger partial charge in [0.05, 0.1) is 0 Å². The summed E-state index contributed by atoms with van der Waals surface area (Å²) in [5.74, 6) is 0.745. The van der Waals surface area contributed by atoms with E-state index in [0.29, 0.717) is 11.8 Å². The van der Waals surface area contributed by atoms with E-state index in [4.69, 9.17) is 10.2 Å². The zero-order valence-electron chi connectivity index (χ0n) is 12.0. The highest BCUT2D eigenvalue weighted by atomic mass is 16.4. The van der Waals surface area contributed by atoms with Gasteiger partial charge < -0.3 is 15.3 Å². The molecule has 0 saturated carbocycles. The van der Waals surface area contributed by atoms with E-state index < -0.39 is 6.10 Å². The molecule has 1 heterocycles. The highest BCUT2D eigenvalue weighted by Crippen LogP contribution is 2.27. The Morgan fingerprint density at radius 2 is 2.00 bits per heavy atom. The molecule has 2 atom stereocenters. The minimum Gasteiger partial charge on any atom is -0.437 e. The van der Waals surface area contributed by atoms with E-state index in [0.717, 1.165) is 28.6 Å². The summed E-state index contributed by atoms with van der Waals surface area (Å²) >= 11 is 0. The van der Waals surface area contributed by atoms with Crippen LogP contribution >= 0.6 is 0 Å². The molecule has 1 unspecified atom stereocenters. The van der Waals surface area contributed by atoms with Gasteiger partial charge >= 0.3 is 0 Å². The highest BCUT2D eigenvalue weighted by Gasteiger charge is 2.23. The van der Waals surface area contributed by atoms with Crippen LogP contribution in [0.1, 0.15) is 43.4 Å². The normalized spacial score (nSPS) is 15.1. The standard InChI is InChI=1S/C15H22N2O2/c1-8(2)7-11(16)13(18)15-17-12-6-5-9(3)10(4)14(12)19-15/h5-6,8,11,13,18H,7,16H2,1-4H3/t11-,13?/m1/s1. The van der Waals surface area contributed by atoms with Crippen molar-refractivity contribution in [2.45, 2.75) is 46.3 Å². The summed E-state index contributed by atoms with van der Waals surface area (Å²) in [7, 11) is 0. The van der Waals surface area contributed by atoms with Crippen LogP contribution in [0.25, 0.3) is 11.1 Å². The van der Waals surface area contributed by atoms with Crippen LogP contribution in [-0.2, 0) is 0 Å². The Balaban J connectivity index is 2.33. The number of nitrogens with two attached hydrogens (primary N) is 1. The smallest absolute Gasteiger partial charge is 0.225 e. The number of hydrogen-bond acceptors (Lipinski definition) is 4. The van der Waals surface area contributed by atoms with Crippen LogP contribution in [0.4, 0.5) is 0 Å². The van der Waals surface area contributed by atoms with Crippen molar-refractivity contribution in [1.29, 1.82) is 0 Å². The van der Waals surface area contributed by atoms with Gasteiger partial charge in [0.2, 0.25) is 5.89 Å². The lowest BCUT2D eigenvalue weighted by atomic mass is 10.00. The maximum atomic E-state index is 10.2. The number of hydrogen-bond donors (Lipinski definition) is 2. The van der Waals surface area contributed by atoms with Crippen LogP contribution in [0.2, 0.25) is 0 Å². The van der Waals surface area contributed by atoms with Crippen molar-refractivity contribution in [3.63, 3.8) is 0 Å². The molecule has 4 nitrogen and oxygen atoms in total. The van der Waals surface area contributed by atoms with Crippen molar-refractivity contribution in [2.75, 3.05) is 0 Å². The molecule has 0 amide bonds. The summed E-state index contributed by atoms with van der Waals surface area (Å²) < 4.78 is 5.70. The van der Waals surface area contributed by atoms with Crippen molar-refractivity contribution in [3.05, 3.63) is 29.2 Å². The first-order valence-corrected chi connectivity index (χ1v) is 6.70. The third kappa shape index (κ3) is 2.80. The first-order chi connectivity index (χ1) is 8.90. The summed E-state index contributed by atoms with van der Waals surface area (Å²) in [5, 5.41) is 10.2. The molecule has 0 aliphatic rings. The number of aryl methyl sites for hydroxylation is 2. The van der Waals surface area contributed by atoms with Crippen molar-refractivity contribution in [1.82, 2.24) is 4.98 Å². The average Bonchev–Trinajstić information content (AvgIpc) is 2.76. The topological polar surface area (TPSA) is 72.3 Å². The van der Waals surface area contributed by atoms with E-state index in [2.05, 4.69) is 18.8 Å². The number of nitrogens with zero attached hydrogens (tertiary/aromatic N) is 1. The van der Waals surface area contributed by atoms with Gasteiger partial charge in [0.25, 0.3) is 0 Å². The summed E-state index contributed by atoms with van der Waals surface area (Å²) in [6.07, 6.45) is -0.118. The predicted octanol–water partition coefficient (Wildman–Crippen LogP) is 2.85. The van der Waals surface area contributed by atoms with Gasteiger partial charge in [0.1, 0.15) is 11.6 Å². The molecule has 19 heavy (non-hydrogen) atoms. The fourth-order valence-corrected chi connectivity index (χ4v) is 2.22. The lowest BCUT2D eigenvalue weighted by Crippen LogP contribution is -2.30. The molecule has 2 aromatic rings. The van der Waals surface area contributed by atoms with Gasteiger partial charge in [-0.25, -0.2) is 4.98 Å². The molecule has 0 fully saturated rings. The first-order valence-electron chi connectivity index (χ1n) is 6.70. The number of oxazole rings is 1. The molecule has 104 valence electrons. The van der Waals surface area contributed by atoms with Crippen LogP contribution in [0, 0.1) is 19.8 Å². The third-order valence-electron chi connectivity index (χ3n) is 3.50. The second-order valence-corrected chi connectivity index (χ2v) is 5.65. The number of rotatable bonds is 4. The summed E-state index contributed by atoms with van der Waals surface area (Å²) in [4.78, 5) is 4.35. The maximum absolute atomic E-state index is 10.2. The summed E-state index contributed by atoms with van der Waals surface area (Å²) in [6.45, 7) is 8.17. The van der Waals surface area contributed by atoms with Gasteiger partial charge in [-0.15, -0.1) is 0 Å². The zero-order chi connectivity index (χ0) is 14.2. The molecule has 0 bridgehead atoms. The highest BCUT2D eigenvalue weighted by molar-refractivity contribution is 5.77. The molecule has 2 rings (SSSR count). The fourth-order valence-electron chi connectivity index (χ4n) is 2.22. The number of aromatic nitrogens is 1. The second kappa shape index (κ2) is 5.31. The molecule has 1 aromatic carbocycles. The Kier molecular flexibility index (Phi) is 3.92. The number of aliphatic hydroxyl groups excluding tert-OH is 1. The predicted molar refractivity (Wildman–Crippen MR) is 75.9 cm³/mol.